The van der Waals surface area contributed by atoms with Crippen molar-refractivity contribution >= 4 is 31.3 Å². The van der Waals surface area contributed by atoms with Gasteiger partial charge in [0.1, 0.15) is 18.2 Å². The zero-order valence-electron chi connectivity index (χ0n) is 24.2. The summed E-state index contributed by atoms with van der Waals surface area (Å²) in [4.78, 5) is 67.6. The molecule has 0 aliphatic heterocycles. The van der Waals surface area contributed by atoms with Crippen LogP contribution in [0.1, 0.15) is 116 Å². The van der Waals surface area contributed by atoms with Gasteiger partial charge in [-0.25, -0.2) is 4.79 Å². The number of unbranched alkanes of at least 4 members (excludes halogenated alkanes) is 5. The molecule has 0 radical (unpaired) electrons. The van der Waals surface area contributed by atoms with Crippen molar-refractivity contribution in [2.24, 2.45) is 0 Å². The predicted octanol–water partition coefficient (Wildman–Crippen LogP) is 4.19. The zero-order valence-corrected chi connectivity index (χ0v) is 25.1. The lowest BCUT2D eigenvalue weighted by atomic mass is 9.97. The van der Waals surface area contributed by atoms with Crippen molar-refractivity contribution in [3.63, 3.8) is 0 Å². The summed E-state index contributed by atoms with van der Waals surface area (Å²) in [5, 5.41) is 5.30. The smallest absolute Gasteiger partial charge is 0.328 e. The summed E-state index contributed by atoms with van der Waals surface area (Å²) in [7, 11) is -3.92. The van der Waals surface area contributed by atoms with Crippen LogP contribution in [-0.2, 0) is 33.2 Å². The third-order valence-corrected chi connectivity index (χ3v) is 8.38. The first-order chi connectivity index (χ1) is 19.6. The molecule has 11 nitrogen and oxygen atoms in total. The number of hydrogen-bond acceptors (Lipinski definition) is 7. The topological polar surface area (TPSA) is 168 Å². The van der Waals surface area contributed by atoms with Crippen LogP contribution >= 0.6 is 7.60 Å². The molecule has 2 aliphatic carbocycles. The summed E-state index contributed by atoms with van der Waals surface area (Å²) in [5.41, 5.74) is 0. The summed E-state index contributed by atoms with van der Waals surface area (Å²) < 4.78 is 22.0. The Morgan fingerprint density at radius 3 is 1.90 bits per heavy atom. The molecule has 0 aromatic heterocycles. The van der Waals surface area contributed by atoms with Crippen LogP contribution in [0, 0.1) is 0 Å². The largest absolute Gasteiger partial charge is 0.462 e. The van der Waals surface area contributed by atoms with Crippen LogP contribution in [0.4, 0.5) is 0 Å². The van der Waals surface area contributed by atoms with E-state index < -0.39 is 37.4 Å². The number of ether oxygens (including phenoxy) is 2. The third-order valence-electron chi connectivity index (χ3n) is 7.48. The second-order valence-corrected chi connectivity index (χ2v) is 13.0. The molecule has 0 aromatic rings. The Hall–Kier alpha value is -2.23. The third kappa shape index (κ3) is 17.4. The van der Waals surface area contributed by atoms with E-state index in [2.05, 4.69) is 10.6 Å². The fourth-order valence-corrected chi connectivity index (χ4v) is 5.80. The second kappa shape index (κ2) is 19.8. The van der Waals surface area contributed by atoms with Gasteiger partial charge in [0.15, 0.2) is 0 Å². The van der Waals surface area contributed by atoms with Crippen molar-refractivity contribution in [1.82, 2.24) is 10.6 Å². The highest BCUT2D eigenvalue weighted by Crippen LogP contribution is 2.35. The Kier molecular flexibility index (Phi) is 16.9. The Labute approximate surface area is 243 Å². The normalized spacial score (nSPS) is 17.6. The van der Waals surface area contributed by atoms with Crippen LogP contribution in [0.3, 0.4) is 0 Å². The molecule has 2 fully saturated rings. The lowest BCUT2D eigenvalue weighted by Crippen LogP contribution is -2.43. The highest BCUT2D eigenvalue weighted by Gasteiger charge is 2.27. The van der Waals surface area contributed by atoms with Crippen molar-refractivity contribution in [2.75, 3.05) is 12.7 Å². The van der Waals surface area contributed by atoms with Gasteiger partial charge < -0.3 is 29.9 Å². The number of hydrogen-bond donors (Lipinski definition) is 4. The molecule has 2 rings (SSSR count). The van der Waals surface area contributed by atoms with Gasteiger partial charge in [0, 0.05) is 31.3 Å². The fourth-order valence-electron chi connectivity index (χ4n) is 5.16. The summed E-state index contributed by atoms with van der Waals surface area (Å²) in [6.45, 7) is 0.437. The van der Waals surface area contributed by atoms with Crippen molar-refractivity contribution in [2.45, 2.75) is 134 Å². The second-order valence-electron chi connectivity index (χ2n) is 11.2. The average molecular weight is 601 g/mol. The van der Waals surface area contributed by atoms with E-state index in [0.717, 1.165) is 108 Å². The number of esters is 2. The minimum absolute atomic E-state index is 0.0188. The van der Waals surface area contributed by atoms with Crippen LogP contribution in [0.25, 0.3) is 0 Å². The number of amides is 2. The van der Waals surface area contributed by atoms with Gasteiger partial charge in [-0.1, -0.05) is 38.5 Å². The lowest BCUT2D eigenvalue weighted by Gasteiger charge is -2.25. The van der Waals surface area contributed by atoms with Gasteiger partial charge in [0.05, 0.1) is 0 Å². The molecule has 1 atom stereocenters. The quantitative estimate of drug-likeness (QED) is 0.0780. The molecular formula is C29H49N2O9P. The zero-order chi connectivity index (χ0) is 29.9. The molecule has 234 valence electrons. The SMILES string of the molecule is O=C(/C=C/C(=O)N[C@@H](CCC(=O)OC1CCCCC1)C(=O)OC1CCCCC1)NCCCCCCCCP(=O)(O)O. The maximum atomic E-state index is 12.9. The molecule has 0 saturated heterocycles. The summed E-state index contributed by atoms with van der Waals surface area (Å²) in [5.74, 6) is -2.02. The lowest BCUT2D eigenvalue weighted by molar-refractivity contribution is -0.155. The molecule has 0 bridgehead atoms. The van der Waals surface area contributed by atoms with Gasteiger partial charge in [-0.05, 0) is 70.6 Å². The van der Waals surface area contributed by atoms with Gasteiger partial charge in [-0.2, -0.15) is 0 Å². The monoisotopic (exact) mass is 600 g/mol. The highest BCUT2D eigenvalue weighted by atomic mass is 31.2. The van der Waals surface area contributed by atoms with Gasteiger partial charge in [-0.3, -0.25) is 18.9 Å². The van der Waals surface area contributed by atoms with Crippen LogP contribution in [0.5, 0.6) is 0 Å². The molecule has 0 unspecified atom stereocenters. The maximum Gasteiger partial charge on any atom is 0.328 e. The van der Waals surface area contributed by atoms with E-state index in [1.165, 1.54) is 0 Å². The standard InChI is InChI=1S/C29H49N2O9P/c32-26(30-21-11-3-1-2-4-12-22-41(36,37)38)18-19-27(33)31-25(29(35)40-24-15-9-6-10-16-24)17-20-28(34)39-23-13-7-5-8-14-23/h18-19,23-25H,1-17,20-22H2,(H,30,32)(H,31,33)(H2,36,37,38)/b19-18+/t25-/m0/s1. The van der Waals surface area contributed by atoms with Crippen molar-refractivity contribution in [3.8, 4) is 0 Å². The molecule has 4 N–H and O–H groups in total. The van der Waals surface area contributed by atoms with E-state index in [0.29, 0.717) is 13.0 Å². The molecule has 0 spiro atoms. The molecule has 0 aromatic carbocycles. The number of rotatable bonds is 18. The Morgan fingerprint density at radius 2 is 1.29 bits per heavy atom. The van der Waals surface area contributed by atoms with E-state index in [9.17, 15) is 23.7 Å². The predicted molar refractivity (Wildman–Crippen MR) is 154 cm³/mol. The maximum absolute atomic E-state index is 12.9. The minimum Gasteiger partial charge on any atom is -0.462 e. The molecule has 2 amide bonds. The van der Waals surface area contributed by atoms with E-state index >= 15 is 0 Å². The molecule has 12 heteroatoms. The van der Waals surface area contributed by atoms with Gasteiger partial charge in [0.25, 0.3) is 0 Å². The molecule has 0 heterocycles. The summed E-state index contributed by atoms with van der Waals surface area (Å²) >= 11 is 0. The first kappa shape index (κ1) is 35.0. The number of nitrogens with one attached hydrogen (secondary N) is 2. The van der Waals surface area contributed by atoms with Crippen molar-refractivity contribution < 1.29 is 43.0 Å². The van der Waals surface area contributed by atoms with Gasteiger partial charge in [-0.15, -0.1) is 0 Å². The van der Waals surface area contributed by atoms with E-state index in [1.54, 1.807) is 0 Å². The van der Waals surface area contributed by atoms with Crippen LogP contribution < -0.4 is 10.6 Å². The van der Waals surface area contributed by atoms with Crippen LogP contribution in [0.2, 0.25) is 0 Å². The molecule has 41 heavy (non-hydrogen) atoms. The molecular weight excluding hydrogens is 551 g/mol. The Balaban J connectivity index is 1.72. The Morgan fingerprint density at radius 1 is 0.756 bits per heavy atom. The van der Waals surface area contributed by atoms with E-state index in [4.69, 9.17) is 19.3 Å². The van der Waals surface area contributed by atoms with Crippen molar-refractivity contribution in [3.05, 3.63) is 12.2 Å². The highest BCUT2D eigenvalue weighted by molar-refractivity contribution is 7.51. The molecule has 2 saturated carbocycles. The number of carbonyl (C=O) groups is 4. The average Bonchev–Trinajstić information content (AvgIpc) is 2.93. The minimum atomic E-state index is -3.92. The number of carbonyl (C=O) groups excluding carboxylic acids is 4. The summed E-state index contributed by atoms with van der Waals surface area (Å²) in [6.07, 6.45) is 16.1. The summed E-state index contributed by atoms with van der Waals surface area (Å²) in [6, 6.07) is -1.02. The first-order valence-corrected chi connectivity index (χ1v) is 17.1. The van der Waals surface area contributed by atoms with E-state index in [1.807, 2.05) is 0 Å². The van der Waals surface area contributed by atoms with E-state index in [-0.39, 0.29) is 31.2 Å². The van der Waals surface area contributed by atoms with Crippen molar-refractivity contribution in [1.29, 1.82) is 0 Å². The molecule has 2 aliphatic rings. The first-order valence-electron chi connectivity index (χ1n) is 15.3. The van der Waals surface area contributed by atoms with Gasteiger partial charge in [0.2, 0.25) is 11.8 Å². The van der Waals surface area contributed by atoms with Crippen LogP contribution in [0.15, 0.2) is 12.2 Å². The van der Waals surface area contributed by atoms with Gasteiger partial charge >= 0.3 is 19.5 Å². The van der Waals surface area contributed by atoms with Crippen LogP contribution in [-0.4, -0.2) is 64.5 Å². The Bertz CT molecular complexity index is 893. The fraction of sp³-hybridized carbons (Fsp3) is 0.793.